The Bertz CT molecular complexity index is 576. The van der Waals surface area contributed by atoms with Crippen molar-refractivity contribution in [1.29, 1.82) is 0 Å². The molecule has 9 nitrogen and oxygen atoms in total. The number of nitrogens with zero attached hydrogens (tertiary/aromatic N) is 3. The van der Waals surface area contributed by atoms with Gasteiger partial charge in [-0.15, -0.1) is 0 Å². The lowest BCUT2D eigenvalue weighted by Gasteiger charge is -2.18. The average molecular weight is 305 g/mol. The standard InChI is InChI=1S/C10H15N3O6S/c1-12-4-8(11-7-12)20(16,17)13(5-9(14)18-2)6-10(15)19-3/h4,7H,5-6H2,1-3H3. The summed E-state index contributed by atoms with van der Waals surface area (Å²) in [5.41, 5.74) is 0. The zero-order chi connectivity index (χ0) is 15.3. The largest absolute Gasteiger partial charge is 0.468 e. The van der Waals surface area contributed by atoms with E-state index in [1.165, 1.54) is 17.1 Å². The molecular weight excluding hydrogens is 290 g/mol. The van der Waals surface area contributed by atoms with Gasteiger partial charge in [-0.1, -0.05) is 0 Å². The fourth-order valence-corrected chi connectivity index (χ4v) is 2.59. The predicted molar refractivity (Wildman–Crippen MR) is 66.0 cm³/mol. The van der Waals surface area contributed by atoms with E-state index >= 15 is 0 Å². The second-order valence-electron chi connectivity index (χ2n) is 3.80. The van der Waals surface area contributed by atoms with Crippen LogP contribution < -0.4 is 0 Å². The van der Waals surface area contributed by atoms with E-state index in [1.807, 2.05) is 0 Å². The molecule has 1 rings (SSSR count). The minimum Gasteiger partial charge on any atom is -0.468 e. The molecule has 1 heterocycles. The van der Waals surface area contributed by atoms with Crippen LogP contribution in [0.2, 0.25) is 0 Å². The van der Waals surface area contributed by atoms with Crippen LogP contribution in [0.4, 0.5) is 0 Å². The Labute approximate surface area is 116 Å². The Morgan fingerprint density at radius 2 is 1.75 bits per heavy atom. The number of hydrogen-bond donors (Lipinski definition) is 0. The summed E-state index contributed by atoms with van der Waals surface area (Å²) in [6.07, 6.45) is 2.55. The number of aromatic nitrogens is 2. The van der Waals surface area contributed by atoms with Crippen molar-refractivity contribution in [3.8, 4) is 0 Å². The van der Waals surface area contributed by atoms with Gasteiger partial charge in [0.15, 0.2) is 5.03 Å². The fraction of sp³-hybridized carbons (Fsp3) is 0.500. The van der Waals surface area contributed by atoms with Crippen LogP contribution in [0.5, 0.6) is 0 Å². The van der Waals surface area contributed by atoms with Crippen molar-refractivity contribution in [1.82, 2.24) is 13.9 Å². The first-order chi connectivity index (χ1) is 9.31. The Hall–Kier alpha value is -1.94. The van der Waals surface area contributed by atoms with E-state index in [0.717, 1.165) is 14.2 Å². The normalized spacial score (nSPS) is 11.4. The van der Waals surface area contributed by atoms with Gasteiger partial charge in [-0.05, 0) is 0 Å². The number of ether oxygens (including phenoxy) is 2. The van der Waals surface area contributed by atoms with Gasteiger partial charge in [-0.2, -0.15) is 4.31 Å². The van der Waals surface area contributed by atoms with Crippen LogP contribution in [0.15, 0.2) is 17.6 Å². The van der Waals surface area contributed by atoms with Gasteiger partial charge in [0, 0.05) is 13.2 Å². The number of rotatable bonds is 6. The smallest absolute Gasteiger partial charge is 0.321 e. The number of carbonyl (C=O) groups is 2. The molecule has 0 spiro atoms. The summed E-state index contributed by atoms with van der Waals surface area (Å²) in [5, 5.41) is -0.271. The number of imidazole rings is 1. The predicted octanol–water partition coefficient (Wildman–Crippen LogP) is -1.24. The SMILES string of the molecule is COC(=O)CN(CC(=O)OC)S(=O)(=O)c1cn(C)cn1. The van der Waals surface area contributed by atoms with Gasteiger partial charge in [0.2, 0.25) is 0 Å². The molecule has 0 aliphatic heterocycles. The maximum absolute atomic E-state index is 12.3. The Morgan fingerprint density at radius 1 is 1.25 bits per heavy atom. The van der Waals surface area contributed by atoms with Gasteiger partial charge in [0.05, 0.1) is 20.5 Å². The van der Waals surface area contributed by atoms with Gasteiger partial charge in [-0.3, -0.25) is 9.59 Å². The summed E-state index contributed by atoms with van der Waals surface area (Å²) in [4.78, 5) is 26.2. The van der Waals surface area contributed by atoms with Crippen LogP contribution in [-0.2, 0) is 36.1 Å². The van der Waals surface area contributed by atoms with E-state index in [0.29, 0.717) is 4.31 Å². The maximum atomic E-state index is 12.3. The number of esters is 2. The first-order valence-corrected chi connectivity index (χ1v) is 6.87. The van der Waals surface area contributed by atoms with E-state index in [9.17, 15) is 18.0 Å². The third kappa shape index (κ3) is 3.78. The summed E-state index contributed by atoms with van der Waals surface area (Å²) < 4.78 is 35.5. The van der Waals surface area contributed by atoms with Crippen LogP contribution in [0, 0.1) is 0 Å². The van der Waals surface area contributed by atoms with Crippen molar-refractivity contribution >= 4 is 22.0 Å². The Morgan fingerprint density at radius 3 is 2.10 bits per heavy atom. The average Bonchev–Trinajstić information content (AvgIpc) is 2.84. The lowest BCUT2D eigenvalue weighted by Crippen LogP contribution is -2.40. The molecule has 0 aliphatic rings. The molecule has 0 atom stereocenters. The molecule has 1 aromatic heterocycles. The van der Waals surface area contributed by atoms with Crippen molar-refractivity contribution in [3.05, 3.63) is 12.5 Å². The van der Waals surface area contributed by atoms with Crippen molar-refractivity contribution in [2.45, 2.75) is 5.03 Å². The molecule has 0 fully saturated rings. The highest BCUT2D eigenvalue weighted by Gasteiger charge is 2.31. The zero-order valence-electron chi connectivity index (χ0n) is 11.3. The van der Waals surface area contributed by atoms with Crippen LogP contribution >= 0.6 is 0 Å². The molecule has 0 saturated heterocycles. The summed E-state index contributed by atoms with van der Waals surface area (Å²) >= 11 is 0. The lowest BCUT2D eigenvalue weighted by molar-refractivity contribution is -0.143. The molecule has 20 heavy (non-hydrogen) atoms. The first kappa shape index (κ1) is 16.1. The summed E-state index contributed by atoms with van der Waals surface area (Å²) in [5.74, 6) is -1.60. The van der Waals surface area contributed by atoms with Crippen molar-refractivity contribution < 1.29 is 27.5 Å². The van der Waals surface area contributed by atoms with Crippen LogP contribution in [0.3, 0.4) is 0 Å². The molecule has 0 bridgehead atoms. The Kier molecular flexibility index (Phi) is 5.22. The second-order valence-corrected chi connectivity index (χ2v) is 5.69. The topological polar surface area (TPSA) is 108 Å². The highest BCUT2D eigenvalue weighted by Crippen LogP contribution is 2.13. The molecule has 0 aromatic carbocycles. The third-order valence-corrected chi connectivity index (χ3v) is 4.03. The fourth-order valence-electron chi connectivity index (χ4n) is 1.30. The molecule has 0 N–H and O–H groups in total. The third-order valence-electron chi connectivity index (χ3n) is 2.35. The van der Waals surface area contributed by atoms with Crippen LogP contribution in [0.25, 0.3) is 0 Å². The molecular formula is C10H15N3O6S. The van der Waals surface area contributed by atoms with E-state index < -0.39 is 35.1 Å². The maximum Gasteiger partial charge on any atom is 0.321 e. The Balaban J connectivity index is 3.07. The summed E-state index contributed by atoms with van der Waals surface area (Å²) in [6.45, 7) is -1.21. The van der Waals surface area contributed by atoms with Crippen molar-refractivity contribution in [2.75, 3.05) is 27.3 Å². The monoisotopic (exact) mass is 305 g/mol. The van der Waals surface area contributed by atoms with Crippen LogP contribution in [-0.4, -0.2) is 61.5 Å². The van der Waals surface area contributed by atoms with Gasteiger partial charge >= 0.3 is 11.9 Å². The first-order valence-electron chi connectivity index (χ1n) is 5.43. The van der Waals surface area contributed by atoms with Crippen molar-refractivity contribution in [2.24, 2.45) is 7.05 Å². The molecule has 0 saturated carbocycles. The van der Waals surface area contributed by atoms with Gasteiger partial charge in [-0.25, -0.2) is 13.4 Å². The quantitative estimate of drug-likeness (QED) is 0.605. The lowest BCUT2D eigenvalue weighted by atomic mass is 10.6. The highest BCUT2D eigenvalue weighted by molar-refractivity contribution is 7.89. The summed E-state index contributed by atoms with van der Waals surface area (Å²) in [7, 11) is -0.262. The highest BCUT2D eigenvalue weighted by atomic mass is 32.2. The van der Waals surface area contributed by atoms with Gasteiger partial charge in [0.1, 0.15) is 13.1 Å². The van der Waals surface area contributed by atoms with Gasteiger partial charge < -0.3 is 14.0 Å². The van der Waals surface area contributed by atoms with E-state index in [1.54, 1.807) is 7.05 Å². The van der Waals surface area contributed by atoms with E-state index in [-0.39, 0.29) is 5.03 Å². The molecule has 112 valence electrons. The number of methoxy groups -OCH3 is 2. The molecule has 1 aromatic rings. The number of aryl methyl sites for hydroxylation is 1. The second kappa shape index (κ2) is 6.48. The molecule has 10 heteroatoms. The number of hydrogen-bond acceptors (Lipinski definition) is 7. The molecule has 0 radical (unpaired) electrons. The molecule has 0 unspecified atom stereocenters. The number of sulfonamides is 1. The van der Waals surface area contributed by atoms with Crippen molar-refractivity contribution in [3.63, 3.8) is 0 Å². The summed E-state index contributed by atoms with van der Waals surface area (Å²) in [6, 6.07) is 0. The van der Waals surface area contributed by atoms with Crippen LogP contribution in [0.1, 0.15) is 0 Å². The van der Waals surface area contributed by atoms with E-state index in [4.69, 9.17) is 0 Å². The zero-order valence-corrected chi connectivity index (χ0v) is 12.1. The van der Waals surface area contributed by atoms with Gasteiger partial charge in [0.25, 0.3) is 10.0 Å². The minimum atomic E-state index is -4.09. The minimum absolute atomic E-state index is 0.271. The number of carbonyl (C=O) groups excluding carboxylic acids is 2. The van der Waals surface area contributed by atoms with E-state index in [2.05, 4.69) is 14.5 Å². The molecule has 0 amide bonds. The molecule has 0 aliphatic carbocycles.